The lowest BCUT2D eigenvalue weighted by atomic mass is 9.40. The molecule has 28 heteroatoms. The van der Waals surface area contributed by atoms with Crippen LogP contribution in [0.25, 0.3) is 0 Å². The maximum atomic E-state index is 13.8. The molecular weight excluding hydrogens is 1100 g/mol. The van der Waals surface area contributed by atoms with Crippen molar-refractivity contribution in [1.29, 1.82) is 0 Å². The Morgan fingerprint density at radius 3 is 1.99 bits per heavy atom. The van der Waals surface area contributed by atoms with Gasteiger partial charge < -0.3 is 108 Å². The number of allylic oxidation sites excluding steroid dienone is 2. The van der Waals surface area contributed by atoms with Crippen molar-refractivity contribution in [3.05, 3.63) is 23.8 Å². The van der Waals surface area contributed by atoms with Crippen molar-refractivity contribution in [3.8, 4) is 0 Å². The third kappa shape index (κ3) is 10.5. The molecule has 10 aliphatic rings. The summed E-state index contributed by atoms with van der Waals surface area (Å²) in [6.45, 7) is 13.9. The van der Waals surface area contributed by atoms with Gasteiger partial charge >= 0.3 is 16.4 Å². The van der Waals surface area contributed by atoms with Crippen LogP contribution < -0.4 is 0 Å². The maximum absolute atomic E-state index is 13.8. The number of hydrogen-bond donors (Lipinski definition) is 11. The lowest BCUT2D eigenvalue weighted by Crippen LogP contribution is -2.67. The lowest BCUT2D eigenvalue weighted by Gasteiger charge is -2.64. The van der Waals surface area contributed by atoms with Crippen molar-refractivity contribution >= 4 is 16.4 Å². The first kappa shape index (κ1) is 62.0. The summed E-state index contributed by atoms with van der Waals surface area (Å²) in [6.07, 6.45) is -32.2. The monoisotopic (exact) mass is 1180 g/mol. The highest BCUT2D eigenvalue weighted by Gasteiger charge is 2.76. The molecule has 10 rings (SSSR count). The average molecular weight is 1180 g/mol. The summed E-state index contributed by atoms with van der Waals surface area (Å²) < 4.78 is 111. The molecule has 27 nitrogen and oxygen atoms in total. The van der Waals surface area contributed by atoms with Crippen LogP contribution in [0.1, 0.15) is 80.1 Å². The number of esters is 1. The fourth-order valence-corrected chi connectivity index (χ4v) is 16.6. The number of hydrogen-bond acceptors (Lipinski definition) is 26. The second kappa shape index (κ2) is 22.9. The van der Waals surface area contributed by atoms with Crippen LogP contribution in [-0.2, 0) is 76.2 Å². The van der Waals surface area contributed by atoms with Crippen molar-refractivity contribution < 1.29 is 130 Å². The lowest BCUT2D eigenvalue weighted by molar-refractivity contribution is -0.402. The number of aliphatic hydroxyl groups is 10. The summed E-state index contributed by atoms with van der Waals surface area (Å²) in [5, 5.41) is 111. The Labute approximate surface area is 469 Å². The second-order valence-corrected chi connectivity index (χ2v) is 26.1. The third-order valence-corrected chi connectivity index (χ3v) is 20.7. The molecule has 0 amide bonds. The van der Waals surface area contributed by atoms with Crippen LogP contribution in [0.4, 0.5) is 0 Å². The highest BCUT2D eigenvalue weighted by Crippen LogP contribution is 2.76. The molecule has 0 aromatic heterocycles. The predicted molar refractivity (Wildman–Crippen MR) is 268 cm³/mol. The number of carbonyl (C=O) groups is 1. The third-order valence-electron chi connectivity index (χ3n) is 20.2. The number of carbonyl (C=O) groups excluding carboxylic acids is 1. The summed E-state index contributed by atoms with van der Waals surface area (Å²) in [4.78, 5) is 13.8. The zero-order chi connectivity index (χ0) is 58.8. The standard InChI is InChI=1S/C53H82O27S/c1-20(2)31-26-15-52(7)23-9-10-29-50(4,5)30(12-13-51(29,6)22(23)11-14-53(31,52)49(64)74-26)75-47-42(34(59)28(19-71-47)80-81(65,66)67)79-48-43(78-44-35(60)32(57)24(55)17-69-44)36(61)39(21(3)72-48)76-46-38(63)41(33(58)27(16-54)73-46)77-45-37(62)40(68-8)25(56)18-70-45/h9,21-22,24-48,54-63H,1,10-19H2,2-8H3,(H,65,66,67)/t21-,22-,24-,25-,26+,27-,28-,29+,30+,31+,32+,33-,34+,35-,36+,37-,38-,39-,40+,41+,42-,43-,44+,45+,46+,47+,48+,51-,52+,53-/m1/s1. The first-order valence-electron chi connectivity index (χ1n) is 27.9. The van der Waals surface area contributed by atoms with Crippen molar-refractivity contribution in [3.63, 3.8) is 0 Å². The summed E-state index contributed by atoms with van der Waals surface area (Å²) in [5.74, 6) is -0.0638. The first-order chi connectivity index (χ1) is 38.0. The Hall–Kier alpha value is -2.02. The molecule has 6 aliphatic heterocycles. The normalized spacial score (nSPS) is 52.5. The smallest absolute Gasteiger partial charge is 0.397 e. The van der Waals surface area contributed by atoms with Gasteiger partial charge in [-0.2, -0.15) is 8.42 Å². The van der Waals surface area contributed by atoms with Gasteiger partial charge in [-0.05, 0) is 75.0 Å². The van der Waals surface area contributed by atoms with Gasteiger partial charge in [0.25, 0.3) is 0 Å². The van der Waals surface area contributed by atoms with Crippen LogP contribution in [0.5, 0.6) is 0 Å². The predicted octanol–water partition coefficient (Wildman–Crippen LogP) is -2.41. The highest BCUT2D eigenvalue weighted by molar-refractivity contribution is 7.80. The summed E-state index contributed by atoms with van der Waals surface area (Å²) in [6, 6.07) is 0. The molecule has 30 atom stereocenters. The Bertz CT molecular complexity index is 2430. The first-order valence-corrected chi connectivity index (χ1v) is 29.3. The summed E-state index contributed by atoms with van der Waals surface area (Å²) in [7, 11) is -4.00. The van der Waals surface area contributed by atoms with Gasteiger partial charge in [0.05, 0.1) is 44.1 Å². The summed E-state index contributed by atoms with van der Waals surface area (Å²) in [5.41, 5.74) is 0.256. The van der Waals surface area contributed by atoms with E-state index in [9.17, 15) is 68.8 Å². The van der Waals surface area contributed by atoms with Crippen molar-refractivity contribution in [2.24, 2.45) is 39.4 Å². The van der Waals surface area contributed by atoms with Crippen LogP contribution >= 0.6 is 0 Å². The van der Waals surface area contributed by atoms with E-state index < -0.39 is 188 Å². The fraction of sp³-hybridized carbons (Fsp3) is 0.906. The molecule has 1 spiro atoms. The zero-order valence-electron chi connectivity index (χ0n) is 46.3. The largest absolute Gasteiger partial charge is 0.461 e. The molecule has 81 heavy (non-hydrogen) atoms. The van der Waals surface area contributed by atoms with E-state index in [1.54, 1.807) is 0 Å². The molecule has 0 aromatic carbocycles. The minimum absolute atomic E-state index is 0.0120. The van der Waals surface area contributed by atoms with E-state index in [1.165, 1.54) is 19.6 Å². The highest BCUT2D eigenvalue weighted by atomic mass is 32.3. The molecule has 6 saturated heterocycles. The van der Waals surface area contributed by atoms with Crippen molar-refractivity contribution in [2.45, 2.75) is 227 Å². The number of fused-ring (bicyclic) bond motifs is 5. The molecule has 462 valence electrons. The number of aliphatic hydroxyl groups excluding tert-OH is 10. The van der Waals surface area contributed by atoms with E-state index in [1.807, 2.05) is 6.92 Å². The minimum Gasteiger partial charge on any atom is -0.461 e. The summed E-state index contributed by atoms with van der Waals surface area (Å²) >= 11 is 0. The molecule has 0 aromatic rings. The molecule has 9 fully saturated rings. The van der Waals surface area contributed by atoms with Crippen LogP contribution in [0.15, 0.2) is 23.8 Å². The van der Waals surface area contributed by atoms with Crippen LogP contribution in [0.3, 0.4) is 0 Å². The quantitative estimate of drug-likeness (QED) is 0.0462. The maximum Gasteiger partial charge on any atom is 0.397 e. The fourth-order valence-electron chi connectivity index (χ4n) is 16.1. The van der Waals surface area contributed by atoms with Crippen molar-refractivity contribution in [1.82, 2.24) is 0 Å². The van der Waals surface area contributed by atoms with E-state index in [0.29, 0.717) is 25.7 Å². The topological polar surface area (TPSA) is 394 Å². The van der Waals surface area contributed by atoms with Crippen LogP contribution in [0, 0.1) is 39.4 Å². The van der Waals surface area contributed by atoms with Crippen molar-refractivity contribution in [2.75, 3.05) is 33.5 Å². The Morgan fingerprint density at radius 1 is 0.704 bits per heavy atom. The molecule has 4 aliphatic carbocycles. The molecule has 6 heterocycles. The zero-order valence-corrected chi connectivity index (χ0v) is 47.1. The molecule has 0 radical (unpaired) electrons. The van der Waals surface area contributed by atoms with Gasteiger partial charge in [0.2, 0.25) is 0 Å². The van der Waals surface area contributed by atoms with Gasteiger partial charge in [-0.15, -0.1) is 0 Å². The van der Waals surface area contributed by atoms with Gasteiger partial charge in [0, 0.05) is 18.4 Å². The molecule has 2 bridgehead atoms. The van der Waals surface area contributed by atoms with Gasteiger partial charge in [-0.1, -0.05) is 51.5 Å². The van der Waals surface area contributed by atoms with Gasteiger partial charge in [0.1, 0.15) is 104 Å². The van der Waals surface area contributed by atoms with Gasteiger partial charge in [-0.3, -0.25) is 9.35 Å². The second-order valence-electron chi connectivity index (χ2n) is 25.1. The number of methoxy groups -OCH3 is 1. The van der Waals surface area contributed by atoms with Crippen LogP contribution in [-0.4, -0.2) is 251 Å². The molecule has 3 saturated carbocycles. The average Bonchev–Trinajstić information content (AvgIpc) is 3.62. The van der Waals surface area contributed by atoms with E-state index in [2.05, 4.69) is 40.3 Å². The van der Waals surface area contributed by atoms with E-state index in [0.717, 1.165) is 18.4 Å². The van der Waals surface area contributed by atoms with Gasteiger partial charge in [0.15, 0.2) is 31.5 Å². The molecule has 0 unspecified atom stereocenters. The minimum atomic E-state index is -5.23. The molecular formula is C53H82O27S. The van der Waals surface area contributed by atoms with E-state index in [4.69, 9.17) is 61.0 Å². The van der Waals surface area contributed by atoms with E-state index in [-0.39, 0.29) is 41.8 Å². The Balaban J connectivity index is 0.912. The van der Waals surface area contributed by atoms with Gasteiger partial charge in [-0.25, -0.2) is 4.18 Å². The SMILES string of the molecule is C=C(C)[C@H]1[C@@H]2C[C@@]3(C)C4=CC[C@H]5C(C)(C)[C@@H](O[C@@H]6OC[C@@H](OS(=O)(=O)O)[C@H](O)[C@H]6O[C@@H]6O[C@H](C)[C@@H](O[C@@H]7O[C@H](CO)[C@@H](O)[C@H](O[C@@H]8OC[C@@H](O)[C@H](OC)[C@H]8O)[C@H]7O)[C@H](O)[C@H]6O[C@@H]6OC[C@@H](O)[C@H](O)[C@H]6O)CC[C@]5(C)[C@@H]4CC[C@]13C(=O)O2. The number of ether oxygens (including phenoxy) is 12. The van der Waals surface area contributed by atoms with Crippen LogP contribution in [0.2, 0.25) is 0 Å². The Kier molecular flexibility index (Phi) is 17.6. The number of rotatable bonds is 15. The Morgan fingerprint density at radius 2 is 1.32 bits per heavy atom. The van der Waals surface area contributed by atoms with E-state index >= 15 is 0 Å². The molecule has 11 N–H and O–H groups in total.